The van der Waals surface area contributed by atoms with E-state index in [2.05, 4.69) is 24.3 Å². The van der Waals surface area contributed by atoms with E-state index in [4.69, 9.17) is 0 Å². The van der Waals surface area contributed by atoms with Gasteiger partial charge < -0.3 is 9.61 Å². The molecule has 0 saturated carbocycles. The molecule has 0 aliphatic rings. The Hall–Kier alpha value is -0.206. The largest absolute Gasteiger partial charge is 0.338 e. The maximum absolute atomic E-state index is 3.95. The van der Waals surface area contributed by atoms with Crippen molar-refractivity contribution < 1.29 is 32.7 Å². The van der Waals surface area contributed by atoms with Crippen LogP contribution in [0.1, 0.15) is 5.56 Å². The van der Waals surface area contributed by atoms with Crippen molar-refractivity contribution in [1.29, 1.82) is 0 Å². The van der Waals surface area contributed by atoms with Gasteiger partial charge in [-0.05, 0) is 13.0 Å². The first kappa shape index (κ1) is 8.89. The van der Waals surface area contributed by atoms with E-state index in [0.29, 0.717) is 0 Å². The Balaban J connectivity index is 0.000000605. The second kappa shape index (κ2) is 3.46. The van der Waals surface area contributed by atoms with Crippen molar-refractivity contribution in [2.75, 3.05) is 0 Å². The van der Waals surface area contributed by atoms with Gasteiger partial charge >= 0.3 is 0 Å². The third kappa shape index (κ3) is 1.68. The molecule has 0 atom stereocenters. The molecule has 2 aromatic rings. The smallest absolute Gasteiger partial charge is 0.00705 e. The molecule has 2 nitrogen and oxygen atoms in total. The number of aryl methyl sites for hydroxylation is 1. The molecule has 0 bridgehead atoms. The Bertz CT molecular complexity index is 354. The Morgan fingerprint density at radius 3 is 3.18 bits per heavy atom. The first-order chi connectivity index (χ1) is 4.86. The van der Waals surface area contributed by atoms with Crippen LogP contribution in [0.3, 0.4) is 0 Å². The van der Waals surface area contributed by atoms with Crippen LogP contribution in [0.4, 0.5) is 0 Å². The van der Waals surface area contributed by atoms with Gasteiger partial charge in [0, 0.05) is 38.9 Å². The predicted octanol–water partition coefficient (Wildman–Crippen LogP) is 1.44. The molecular weight excluding hydrogens is 213 g/mol. The standard InChI is InChI=1S/C8H7N2.Y/c1-7-3-5-10-8(6-7)2-4-9-10;/h2-3,5-6H,1H3;/q-1;. The van der Waals surface area contributed by atoms with Crippen molar-refractivity contribution in [3.05, 3.63) is 36.2 Å². The van der Waals surface area contributed by atoms with Crippen LogP contribution in [-0.4, -0.2) is 9.61 Å². The van der Waals surface area contributed by atoms with Gasteiger partial charge in [-0.25, -0.2) is 0 Å². The molecule has 2 aromatic heterocycles. The topological polar surface area (TPSA) is 17.3 Å². The molecule has 0 amide bonds. The molecule has 2 rings (SSSR count). The van der Waals surface area contributed by atoms with E-state index < -0.39 is 0 Å². The molecule has 0 aliphatic carbocycles. The fraction of sp³-hybridized carbons (Fsp3) is 0.125. The molecule has 0 N–H and O–H groups in total. The van der Waals surface area contributed by atoms with Crippen LogP contribution >= 0.6 is 0 Å². The summed E-state index contributed by atoms with van der Waals surface area (Å²) in [7, 11) is 0. The number of hydrogen-bond acceptors (Lipinski definition) is 1. The molecule has 0 aromatic carbocycles. The van der Waals surface area contributed by atoms with E-state index >= 15 is 0 Å². The molecule has 0 spiro atoms. The molecule has 2 heterocycles. The van der Waals surface area contributed by atoms with Gasteiger partial charge in [0.25, 0.3) is 0 Å². The summed E-state index contributed by atoms with van der Waals surface area (Å²) in [6.07, 6.45) is 4.71. The molecule has 3 heteroatoms. The van der Waals surface area contributed by atoms with Gasteiger partial charge in [-0.1, -0.05) is 11.1 Å². The number of rotatable bonds is 0. The summed E-state index contributed by atoms with van der Waals surface area (Å²) in [5, 5.41) is 3.95. The van der Waals surface area contributed by atoms with Crippen molar-refractivity contribution in [3.63, 3.8) is 0 Å². The molecule has 11 heavy (non-hydrogen) atoms. The molecule has 53 valence electrons. The van der Waals surface area contributed by atoms with E-state index in [1.165, 1.54) is 5.56 Å². The summed E-state index contributed by atoms with van der Waals surface area (Å²) in [5.74, 6) is 0. The number of hydrogen-bond donors (Lipinski definition) is 0. The quantitative estimate of drug-likeness (QED) is 0.614. The van der Waals surface area contributed by atoms with Gasteiger partial charge in [0.15, 0.2) is 0 Å². The van der Waals surface area contributed by atoms with Crippen LogP contribution in [0.25, 0.3) is 5.52 Å². The Labute approximate surface area is 90.5 Å². The van der Waals surface area contributed by atoms with Crippen LogP contribution in [0, 0.1) is 13.1 Å². The maximum atomic E-state index is 3.95. The van der Waals surface area contributed by atoms with Gasteiger partial charge in [0.05, 0.1) is 0 Å². The zero-order valence-corrected chi connectivity index (χ0v) is 9.12. The fourth-order valence-corrected chi connectivity index (χ4v) is 0.978. The molecule has 1 radical (unpaired) electrons. The second-order valence-corrected chi connectivity index (χ2v) is 2.35. The van der Waals surface area contributed by atoms with Crippen molar-refractivity contribution >= 4 is 5.52 Å². The summed E-state index contributed by atoms with van der Waals surface area (Å²) < 4.78 is 1.80. The van der Waals surface area contributed by atoms with Gasteiger partial charge in [-0.2, -0.15) is 6.07 Å². The van der Waals surface area contributed by atoms with Gasteiger partial charge in [0.1, 0.15) is 0 Å². The van der Waals surface area contributed by atoms with Gasteiger partial charge in [0.2, 0.25) is 0 Å². The summed E-state index contributed by atoms with van der Waals surface area (Å²) >= 11 is 0. The zero-order chi connectivity index (χ0) is 6.97. The molecule has 0 aliphatic heterocycles. The fourth-order valence-electron chi connectivity index (χ4n) is 0.978. The molecule has 0 fully saturated rings. The molecule has 0 saturated heterocycles. The SMILES string of the molecule is Cc1ccn2n[c-]cc2c1.[Y]. The molecular formula is C8H7N2Y-. The first-order valence-electron chi connectivity index (χ1n) is 3.18. The minimum absolute atomic E-state index is 0. The van der Waals surface area contributed by atoms with Crippen LogP contribution in [0.15, 0.2) is 24.4 Å². The minimum atomic E-state index is 0. The van der Waals surface area contributed by atoms with Crippen molar-refractivity contribution in [3.8, 4) is 0 Å². The van der Waals surface area contributed by atoms with E-state index in [1.54, 1.807) is 4.52 Å². The van der Waals surface area contributed by atoms with Crippen LogP contribution in [-0.2, 0) is 32.7 Å². The summed E-state index contributed by atoms with van der Waals surface area (Å²) in [6, 6.07) is 5.96. The average molecular weight is 220 g/mol. The monoisotopic (exact) mass is 220 g/mol. The average Bonchev–Trinajstić information content (AvgIpc) is 2.33. The van der Waals surface area contributed by atoms with E-state index in [1.807, 2.05) is 18.3 Å². The van der Waals surface area contributed by atoms with Crippen molar-refractivity contribution in [2.45, 2.75) is 6.92 Å². The van der Waals surface area contributed by atoms with Crippen molar-refractivity contribution in [1.82, 2.24) is 9.61 Å². The van der Waals surface area contributed by atoms with Crippen molar-refractivity contribution in [2.24, 2.45) is 0 Å². The van der Waals surface area contributed by atoms with E-state index in [0.717, 1.165) is 5.52 Å². The Morgan fingerprint density at radius 2 is 2.36 bits per heavy atom. The second-order valence-electron chi connectivity index (χ2n) is 2.35. The normalized spacial score (nSPS) is 9.55. The maximum Gasteiger partial charge on any atom is 0.00705 e. The number of pyridine rings is 1. The third-order valence-corrected chi connectivity index (χ3v) is 1.50. The first-order valence-corrected chi connectivity index (χ1v) is 3.18. The number of nitrogens with zero attached hydrogens (tertiary/aromatic N) is 2. The van der Waals surface area contributed by atoms with Gasteiger partial charge in [-0.3, -0.25) is 0 Å². The summed E-state index contributed by atoms with van der Waals surface area (Å²) in [4.78, 5) is 0. The Kier molecular flexibility index (Phi) is 2.80. The van der Waals surface area contributed by atoms with Crippen LogP contribution < -0.4 is 0 Å². The van der Waals surface area contributed by atoms with Gasteiger partial charge in [-0.15, -0.1) is 12.3 Å². The number of aromatic nitrogens is 2. The van der Waals surface area contributed by atoms with Crippen LogP contribution in [0.5, 0.6) is 0 Å². The Morgan fingerprint density at radius 1 is 1.55 bits per heavy atom. The molecule has 0 unspecified atom stereocenters. The van der Waals surface area contributed by atoms with E-state index in [-0.39, 0.29) is 32.7 Å². The minimum Gasteiger partial charge on any atom is -0.338 e. The summed E-state index contributed by atoms with van der Waals surface area (Å²) in [5.41, 5.74) is 2.35. The van der Waals surface area contributed by atoms with Crippen LogP contribution in [0.2, 0.25) is 0 Å². The zero-order valence-electron chi connectivity index (χ0n) is 6.28. The van der Waals surface area contributed by atoms with E-state index in [9.17, 15) is 0 Å². The predicted molar refractivity (Wildman–Crippen MR) is 38.8 cm³/mol. The number of fused-ring (bicyclic) bond motifs is 1. The summed E-state index contributed by atoms with van der Waals surface area (Å²) in [6.45, 7) is 2.06. The third-order valence-electron chi connectivity index (χ3n) is 1.50.